The van der Waals surface area contributed by atoms with Crippen molar-refractivity contribution in [2.45, 2.75) is 57.7 Å². The summed E-state index contributed by atoms with van der Waals surface area (Å²) in [5, 5.41) is 13.7. The fraction of sp³-hybridized carbons (Fsp3) is 0.545. The molecule has 2 aliphatic rings. The summed E-state index contributed by atoms with van der Waals surface area (Å²) in [5.41, 5.74) is 2.65. The summed E-state index contributed by atoms with van der Waals surface area (Å²) in [7, 11) is 0. The number of rotatable bonds is 5. The quantitative estimate of drug-likeness (QED) is 0.698. The third-order valence-electron chi connectivity index (χ3n) is 6.28. The van der Waals surface area contributed by atoms with Crippen molar-refractivity contribution in [2.24, 2.45) is 0 Å². The summed E-state index contributed by atoms with van der Waals surface area (Å²) < 4.78 is 7.65. The normalized spacial score (nSPS) is 21.3. The van der Waals surface area contributed by atoms with Crippen molar-refractivity contribution in [3.05, 3.63) is 51.6 Å². The van der Waals surface area contributed by atoms with Gasteiger partial charge in [-0.3, -0.25) is 9.69 Å². The summed E-state index contributed by atoms with van der Waals surface area (Å²) in [6.07, 6.45) is 5.68. The standard InChI is InChI=1S/C22H28N6O2/c1-15-7-8-19-16(12-15)13-18(22(29)23-19)20(27-9-3-2-4-10-27)21-24-25-26-28(21)14-17-6-5-11-30-17/h7-8,12-13,17,20H,2-6,9-11,14H2,1H3,(H,23,29)/t17-,20+/m1/s1. The fourth-order valence-electron chi connectivity index (χ4n) is 4.74. The number of hydrogen-bond acceptors (Lipinski definition) is 6. The van der Waals surface area contributed by atoms with E-state index in [1.54, 1.807) is 0 Å². The maximum Gasteiger partial charge on any atom is 0.253 e. The minimum Gasteiger partial charge on any atom is -0.376 e. The molecule has 1 aromatic carbocycles. The van der Waals surface area contributed by atoms with Crippen LogP contribution in [0, 0.1) is 6.92 Å². The van der Waals surface area contributed by atoms with Gasteiger partial charge in [0.05, 0.1) is 12.6 Å². The van der Waals surface area contributed by atoms with Crippen LogP contribution in [0.15, 0.2) is 29.1 Å². The van der Waals surface area contributed by atoms with E-state index >= 15 is 0 Å². The summed E-state index contributed by atoms with van der Waals surface area (Å²) >= 11 is 0. The average molecular weight is 409 g/mol. The first-order valence-electron chi connectivity index (χ1n) is 10.9. The number of aromatic nitrogens is 5. The number of fused-ring (bicyclic) bond motifs is 1. The molecule has 1 N–H and O–H groups in total. The van der Waals surface area contributed by atoms with E-state index in [2.05, 4.69) is 38.4 Å². The second-order valence-corrected chi connectivity index (χ2v) is 8.50. The molecule has 30 heavy (non-hydrogen) atoms. The number of tetrazole rings is 1. The zero-order valence-corrected chi connectivity index (χ0v) is 17.4. The first kappa shape index (κ1) is 19.4. The second-order valence-electron chi connectivity index (χ2n) is 8.50. The van der Waals surface area contributed by atoms with E-state index in [1.807, 2.05) is 22.9 Å². The molecule has 8 heteroatoms. The van der Waals surface area contributed by atoms with Crippen molar-refractivity contribution in [2.75, 3.05) is 19.7 Å². The van der Waals surface area contributed by atoms with Crippen molar-refractivity contribution in [1.29, 1.82) is 0 Å². The van der Waals surface area contributed by atoms with Gasteiger partial charge in [0.15, 0.2) is 5.82 Å². The number of pyridine rings is 1. The molecule has 8 nitrogen and oxygen atoms in total. The minimum absolute atomic E-state index is 0.0754. The van der Waals surface area contributed by atoms with Crippen molar-refractivity contribution in [1.82, 2.24) is 30.1 Å². The van der Waals surface area contributed by atoms with Crippen LogP contribution in [0.2, 0.25) is 0 Å². The zero-order chi connectivity index (χ0) is 20.5. The van der Waals surface area contributed by atoms with Crippen molar-refractivity contribution in [3.63, 3.8) is 0 Å². The Morgan fingerprint density at radius 3 is 2.87 bits per heavy atom. The first-order valence-corrected chi connectivity index (χ1v) is 10.9. The van der Waals surface area contributed by atoms with Gasteiger partial charge in [-0.25, -0.2) is 4.68 Å². The van der Waals surface area contributed by atoms with Crippen molar-refractivity contribution < 1.29 is 4.74 Å². The lowest BCUT2D eigenvalue weighted by Gasteiger charge is -2.33. The molecule has 0 unspecified atom stereocenters. The highest BCUT2D eigenvalue weighted by Crippen LogP contribution is 2.30. The van der Waals surface area contributed by atoms with Gasteiger partial charge in [0.25, 0.3) is 5.56 Å². The molecule has 158 valence electrons. The predicted molar refractivity (Wildman–Crippen MR) is 113 cm³/mol. The molecule has 5 rings (SSSR count). The molecular weight excluding hydrogens is 380 g/mol. The van der Waals surface area contributed by atoms with E-state index < -0.39 is 0 Å². The van der Waals surface area contributed by atoms with Crippen molar-refractivity contribution in [3.8, 4) is 0 Å². The Kier molecular flexibility index (Phi) is 5.35. The Labute approximate surface area is 175 Å². The molecular formula is C22H28N6O2. The third kappa shape index (κ3) is 3.77. The lowest BCUT2D eigenvalue weighted by Crippen LogP contribution is -2.39. The van der Waals surface area contributed by atoms with E-state index in [-0.39, 0.29) is 17.7 Å². The van der Waals surface area contributed by atoms with Crippen LogP contribution in [0.5, 0.6) is 0 Å². The monoisotopic (exact) mass is 408 g/mol. The molecule has 2 fully saturated rings. The summed E-state index contributed by atoms with van der Waals surface area (Å²) in [5.74, 6) is 0.727. The highest BCUT2D eigenvalue weighted by Gasteiger charge is 2.32. The molecule has 2 saturated heterocycles. The fourth-order valence-corrected chi connectivity index (χ4v) is 4.74. The Balaban J connectivity index is 1.60. The molecule has 0 amide bonds. The van der Waals surface area contributed by atoms with Crippen LogP contribution in [-0.2, 0) is 11.3 Å². The number of likely N-dealkylation sites (tertiary alicyclic amines) is 1. The second kappa shape index (κ2) is 8.28. The zero-order valence-electron chi connectivity index (χ0n) is 17.4. The maximum absolute atomic E-state index is 13.2. The maximum atomic E-state index is 13.2. The molecule has 2 atom stereocenters. The summed E-state index contributed by atoms with van der Waals surface area (Å²) in [6.45, 7) is 5.35. The van der Waals surface area contributed by atoms with Crippen LogP contribution in [0.3, 0.4) is 0 Å². The van der Waals surface area contributed by atoms with Crippen LogP contribution < -0.4 is 5.56 Å². The molecule has 2 aromatic heterocycles. The van der Waals surface area contributed by atoms with Gasteiger partial charge in [0, 0.05) is 17.7 Å². The van der Waals surface area contributed by atoms with E-state index in [9.17, 15) is 4.79 Å². The SMILES string of the molecule is Cc1ccc2[nH]c(=O)c([C@@H](c3nnnn3C[C@H]3CCCO3)N3CCCCC3)cc2c1. The van der Waals surface area contributed by atoms with Gasteiger partial charge in [-0.1, -0.05) is 18.1 Å². The van der Waals surface area contributed by atoms with Crippen LogP contribution >= 0.6 is 0 Å². The molecule has 0 spiro atoms. The third-order valence-corrected chi connectivity index (χ3v) is 6.28. The van der Waals surface area contributed by atoms with Crippen LogP contribution in [0.25, 0.3) is 10.9 Å². The number of ether oxygens (including phenoxy) is 1. The summed E-state index contributed by atoms with van der Waals surface area (Å²) in [4.78, 5) is 18.6. The Morgan fingerprint density at radius 1 is 1.20 bits per heavy atom. The number of piperidine rings is 1. The predicted octanol–water partition coefficient (Wildman–Crippen LogP) is 2.58. The van der Waals surface area contributed by atoms with Crippen LogP contribution in [-0.4, -0.2) is 55.9 Å². The molecule has 4 heterocycles. The van der Waals surface area contributed by atoms with Gasteiger partial charge < -0.3 is 9.72 Å². The molecule has 0 saturated carbocycles. The van der Waals surface area contributed by atoms with Gasteiger partial charge in [-0.15, -0.1) is 5.10 Å². The van der Waals surface area contributed by atoms with E-state index in [0.29, 0.717) is 12.1 Å². The Hall–Kier alpha value is -2.58. The van der Waals surface area contributed by atoms with Gasteiger partial charge >= 0.3 is 0 Å². The molecule has 0 bridgehead atoms. The molecule has 3 aromatic rings. The number of aryl methyl sites for hydroxylation is 1. The Bertz CT molecular complexity index is 1080. The largest absolute Gasteiger partial charge is 0.376 e. The smallest absolute Gasteiger partial charge is 0.253 e. The highest BCUT2D eigenvalue weighted by atomic mass is 16.5. The minimum atomic E-state index is -0.268. The number of hydrogen-bond donors (Lipinski definition) is 1. The van der Waals surface area contributed by atoms with Gasteiger partial charge in [-0.2, -0.15) is 0 Å². The summed E-state index contributed by atoms with van der Waals surface area (Å²) in [6, 6.07) is 7.84. The van der Waals surface area contributed by atoms with Crippen LogP contribution in [0.4, 0.5) is 0 Å². The van der Waals surface area contributed by atoms with Gasteiger partial charge in [0.2, 0.25) is 0 Å². The lowest BCUT2D eigenvalue weighted by atomic mass is 10.00. The molecule has 2 aliphatic heterocycles. The van der Waals surface area contributed by atoms with Crippen LogP contribution in [0.1, 0.15) is 55.1 Å². The van der Waals surface area contributed by atoms with E-state index in [4.69, 9.17) is 4.74 Å². The van der Waals surface area contributed by atoms with Gasteiger partial charge in [0.1, 0.15) is 6.04 Å². The molecule has 0 aliphatic carbocycles. The topological polar surface area (TPSA) is 88.9 Å². The average Bonchev–Trinajstić information content (AvgIpc) is 3.43. The molecule has 0 radical (unpaired) electrons. The first-order chi connectivity index (χ1) is 14.7. The number of benzene rings is 1. The number of H-pyrrole nitrogens is 1. The van der Waals surface area contributed by atoms with E-state index in [1.165, 1.54) is 12.0 Å². The van der Waals surface area contributed by atoms with E-state index in [0.717, 1.165) is 62.1 Å². The van der Waals surface area contributed by atoms with Gasteiger partial charge in [-0.05, 0) is 79.7 Å². The highest BCUT2D eigenvalue weighted by molar-refractivity contribution is 5.79. The lowest BCUT2D eigenvalue weighted by molar-refractivity contribution is 0.0902. The van der Waals surface area contributed by atoms with Crippen molar-refractivity contribution >= 4 is 10.9 Å². The Morgan fingerprint density at radius 2 is 2.07 bits per heavy atom. The number of aromatic amines is 1. The number of nitrogens with one attached hydrogen (secondary N) is 1. The number of nitrogens with zero attached hydrogens (tertiary/aromatic N) is 5.